The lowest BCUT2D eigenvalue weighted by atomic mass is 9.82. The van der Waals surface area contributed by atoms with Crippen LogP contribution in [0.1, 0.15) is 0 Å². The molecule has 0 amide bonds. The highest BCUT2D eigenvalue weighted by molar-refractivity contribution is 6.27. The van der Waals surface area contributed by atoms with Gasteiger partial charge < -0.3 is 4.42 Å². The Morgan fingerprint density at radius 2 is 0.851 bits per heavy atom. The van der Waals surface area contributed by atoms with Crippen LogP contribution < -0.4 is 0 Å². The molecule has 0 aliphatic carbocycles. The average Bonchev–Trinajstić information content (AvgIpc) is 3.50. The lowest BCUT2D eigenvalue weighted by Crippen LogP contribution is -1.94. The summed E-state index contributed by atoms with van der Waals surface area (Å²) in [5, 5.41) is 12.2. The molecule has 1 nitrogen and oxygen atoms in total. The summed E-state index contributed by atoms with van der Waals surface area (Å²) in [6.07, 6.45) is 0. The fraction of sp³-hybridized carbons (Fsp3) is 0. The van der Waals surface area contributed by atoms with E-state index in [-0.39, 0.29) is 0 Å². The average molecular weight is 597 g/mol. The Kier molecular flexibility index (Phi) is 5.64. The standard InChI is InChI=1S/C46H28O/c1-2-14-30(15-3-1)43-33-18-7-6-13-29(33)25-26-39(43)45-36-21-10-8-19-34(36)44(35-20-9-11-22-37(35)45)38-23-12-24-41-46(38)40-27-31-16-4-5-17-32(31)28-42(40)47-41/h1-28H. The van der Waals surface area contributed by atoms with E-state index >= 15 is 0 Å². The highest BCUT2D eigenvalue weighted by Gasteiger charge is 2.22. The molecule has 0 unspecified atom stereocenters. The summed E-state index contributed by atoms with van der Waals surface area (Å²) in [6, 6.07) is 61.6. The number of benzene rings is 9. The summed E-state index contributed by atoms with van der Waals surface area (Å²) in [5.74, 6) is 0. The summed E-state index contributed by atoms with van der Waals surface area (Å²) in [6.45, 7) is 0. The fourth-order valence-corrected chi connectivity index (χ4v) is 7.82. The second-order valence-corrected chi connectivity index (χ2v) is 12.4. The smallest absolute Gasteiger partial charge is 0.136 e. The Morgan fingerprint density at radius 1 is 0.298 bits per heavy atom. The van der Waals surface area contributed by atoms with Crippen molar-refractivity contribution in [3.05, 3.63) is 170 Å². The first-order valence-electron chi connectivity index (χ1n) is 16.2. The molecule has 10 rings (SSSR count). The molecule has 1 heteroatoms. The van der Waals surface area contributed by atoms with Crippen LogP contribution in [0, 0.1) is 0 Å². The van der Waals surface area contributed by atoms with E-state index in [9.17, 15) is 0 Å². The van der Waals surface area contributed by atoms with E-state index in [4.69, 9.17) is 4.42 Å². The Bertz CT molecular complexity index is 2780. The zero-order chi connectivity index (χ0) is 30.9. The highest BCUT2D eigenvalue weighted by Crippen LogP contribution is 2.49. The van der Waals surface area contributed by atoms with Crippen molar-refractivity contribution in [2.45, 2.75) is 0 Å². The van der Waals surface area contributed by atoms with Crippen LogP contribution in [-0.2, 0) is 0 Å². The second kappa shape index (κ2) is 10.2. The number of hydrogen-bond donors (Lipinski definition) is 0. The molecule has 0 saturated carbocycles. The van der Waals surface area contributed by atoms with Gasteiger partial charge in [0.1, 0.15) is 11.2 Å². The molecule has 218 valence electrons. The molecule has 47 heavy (non-hydrogen) atoms. The first kappa shape index (κ1) is 26.1. The number of hydrogen-bond acceptors (Lipinski definition) is 1. The van der Waals surface area contributed by atoms with Crippen LogP contribution >= 0.6 is 0 Å². The molecule has 0 atom stereocenters. The lowest BCUT2D eigenvalue weighted by molar-refractivity contribution is 0.669. The molecule has 0 fully saturated rings. The first-order valence-corrected chi connectivity index (χ1v) is 16.2. The van der Waals surface area contributed by atoms with Gasteiger partial charge in [-0.25, -0.2) is 0 Å². The highest BCUT2D eigenvalue weighted by atomic mass is 16.3. The quantitative estimate of drug-likeness (QED) is 0.185. The SMILES string of the molecule is c1ccc(-c2c(-c3c4ccccc4c(-c4cccc5oc6cc7ccccc7cc6c45)c4ccccc34)ccc3ccccc23)cc1. The van der Waals surface area contributed by atoms with Crippen molar-refractivity contribution in [1.82, 2.24) is 0 Å². The molecule has 0 spiro atoms. The predicted octanol–water partition coefficient (Wildman–Crippen LogP) is 13.2. The van der Waals surface area contributed by atoms with Gasteiger partial charge in [0.25, 0.3) is 0 Å². The van der Waals surface area contributed by atoms with Crippen molar-refractivity contribution in [2.75, 3.05) is 0 Å². The Labute approximate surface area is 271 Å². The topological polar surface area (TPSA) is 13.1 Å². The second-order valence-electron chi connectivity index (χ2n) is 12.4. The Balaban J connectivity index is 1.36. The van der Waals surface area contributed by atoms with Crippen LogP contribution in [0.5, 0.6) is 0 Å². The molecule has 10 aromatic rings. The van der Waals surface area contributed by atoms with Gasteiger partial charge in [-0.2, -0.15) is 0 Å². The minimum atomic E-state index is 0.908. The van der Waals surface area contributed by atoms with E-state index < -0.39 is 0 Å². The fourth-order valence-electron chi connectivity index (χ4n) is 7.82. The maximum atomic E-state index is 6.55. The maximum absolute atomic E-state index is 6.55. The Hall–Kier alpha value is -6.18. The molecule has 0 bridgehead atoms. The van der Waals surface area contributed by atoms with E-state index in [1.54, 1.807) is 0 Å². The zero-order valence-corrected chi connectivity index (χ0v) is 25.6. The normalized spacial score (nSPS) is 11.8. The number of furan rings is 1. The van der Waals surface area contributed by atoms with Crippen LogP contribution in [-0.4, -0.2) is 0 Å². The third kappa shape index (κ3) is 3.90. The van der Waals surface area contributed by atoms with E-state index in [2.05, 4.69) is 170 Å². The van der Waals surface area contributed by atoms with Gasteiger partial charge in [0.2, 0.25) is 0 Å². The molecule has 0 radical (unpaired) electrons. The van der Waals surface area contributed by atoms with Gasteiger partial charge in [-0.3, -0.25) is 0 Å². The summed E-state index contributed by atoms with van der Waals surface area (Å²) in [4.78, 5) is 0. The van der Waals surface area contributed by atoms with Crippen LogP contribution in [0.4, 0.5) is 0 Å². The first-order chi connectivity index (χ1) is 23.3. The number of rotatable bonds is 3. The largest absolute Gasteiger partial charge is 0.456 e. The van der Waals surface area contributed by atoms with Crippen LogP contribution in [0.15, 0.2) is 174 Å². The van der Waals surface area contributed by atoms with E-state index in [1.807, 2.05) is 0 Å². The van der Waals surface area contributed by atoms with Gasteiger partial charge in [-0.05, 0) is 94.7 Å². The summed E-state index contributed by atoms with van der Waals surface area (Å²) >= 11 is 0. The third-order valence-electron chi connectivity index (χ3n) is 9.83. The van der Waals surface area contributed by atoms with Gasteiger partial charge >= 0.3 is 0 Å². The van der Waals surface area contributed by atoms with Crippen LogP contribution in [0.25, 0.3) is 98.4 Å². The monoisotopic (exact) mass is 596 g/mol. The van der Waals surface area contributed by atoms with Crippen molar-refractivity contribution in [3.63, 3.8) is 0 Å². The van der Waals surface area contributed by atoms with E-state index in [1.165, 1.54) is 76.5 Å². The summed E-state index contributed by atoms with van der Waals surface area (Å²) in [5.41, 5.74) is 9.25. The molecular formula is C46H28O. The van der Waals surface area contributed by atoms with Crippen molar-refractivity contribution in [3.8, 4) is 33.4 Å². The van der Waals surface area contributed by atoms with Gasteiger partial charge in [-0.1, -0.05) is 152 Å². The van der Waals surface area contributed by atoms with Crippen molar-refractivity contribution >= 4 is 65.0 Å². The molecule has 0 saturated heterocycles. The van der Waals surface area contributed by atoms with Crippen LogP contribution in [0.2, 0.25) is 0 Å². The van der Waals surface area contributed by atoms with Gasteiger partial charge in [0.15, 0.2) is 0 Å². The van der Waals surface area contributed by atoms with E-state index in [0.717, 1.165) is 21.9 Å². The molecule has 1 aromatic heterocycles. The molecule has 1 heterocycles. The van der Waals surface area contributed by atoms with Crippen molar-refractivity contribution in [2.24, 2.45) is 0 Å². The zero-order valence-electron chi connectivity index (χ0n) is 25.6. The van der Waals surface area contributed by atoms with Crippen molar-refractivity contribution < 1.29 is 4.42 Å². The van der Waals surface area contributed by atoms with Gasteiger partial charge in [0, 0.05) is 10.8 Å². The maximum Gasteiger partial charge on any atom is 0.136 e. The van der Waals surface area contributed by atoms with Gasteiger partial charge in [-0.15, -0.1) is 0 Å². The van der Waals surface area contributed by atoms with Crippen LogP contribution in [0.3, 0.4) is 0 Å². The molecular weight excluding hydrogens is 569 g/mol. The lowest BCUT2D eigenvalue weighted by Gasteiger charge is -2.21. The summed E-state index contributed by atoms with van der Waals surface area (Å²) in [7, 11) is 0. The minimum Gasteiger partial charge on any atom is -0.456 e. The molecule has 0 N–H and O–H groups in total. The Morgan fingerprint density at radius 3 is 1.53 bits per heavy atom. The summed E-state index contributed by atoms with van der Waals surface area (Å²) < 4.78 is 6.55. The predicted molar refractivity (Wildman–Crippen MR) is 200 cm³/mol. The molecule has 0 aliphatic rings. The van der Waals surface area contributed by atoms with E-state index in [0.29, 0.717) is 0 Å². The minimum absolute atomic E-state index is 0.908. The van der Waals surface area contributed by atoms with Crippen molar-refractivity contribution in [1.29, 1.82) is 0 Å². The van der Waals surface area contributed by atoms with Gasteiger partial charge in [0.05, 0.1) is 0 Å². The number of fused-ring (bicyclic) bond motifs is 7. The molecule has 9 aromatic carbocycles. The third-order valence-corrected chi connectivity index (χ3v) is 9.83. The molecule has 0 aliphatic heterocycles.